The van der Waals surface area contributed by atoms with Crippen LogP contribution in [0.2, 0.25) is 0 Å². The molecule has 1 aromatic heterocycles. The summed E-state index contributed by atoms with van der Waals surface area (Å²) in [6.45, 7) is 2.69. The Kier molecular flexibility index (Phi) is 4.75. The molecule has 31 heavy (non-hydrogen) atoms. The summed E-state index contributed by atoms with van der Waals surface area (Å²) in [6, 6.07) is 20.6. The standard InChI is InChI=1S/C25H21N3O3/c1-16-14-19(10-12-22(16)28-13-5-8-23(28)29)26-25(30)18-9-11-21-20(15-18)24(31-27-21)17-6-3-2-4-7-17/h2-4,6-7,9-12,14-15H,5,8,13H2,1H3,(H,26,30). The molecule has 3 aromatic carbocycles. The molecule has 5 rings (SSSR count). The smallest absolute Gasteiger partial charge is 0.255 e. The summed E-state index contributed by atoms with van der Waals surface area (Å²) in [7, 11) is 0. The number of anilines is 2. The van der Waals surface area contributed by atoms with E-state index >= 15 is 0 Å². The Morgan fingerprint density at radius 3 is 2.65 bits per heavy atom. The Balaban J connectivity index is 1.40. The second-order valence-electron chi connectivity index (χ2n) is 7.71. The van der Waals surface area contributed by atoms with Crippen LogP contribution in [0.1, 0.15) is 28.8 Å². The maximum atomic E-state index is 12.9. The van der Waals surface area contributed by atoms with Crippen LogP contribution in [0.4, 0.5) is 11.4 Å². The lowest BCUT2D eigenvalue weighted by atomic mass is 10.1. The second kappa shape index (κ2) is 7.72. The zero-order valence-corrected chi connectivity index (χ0v) is 17.1. The number of aromatic nitrogens is 1. The van der Waals surface area contributed by atoms with E-state index in [0.717, 1.165) is 35.2 Å². The van der Waals surface area contributed by atoms with E-state index in [1.54, 1.807) is 18.2 Å². The largest absolute Gasteiger partial charge is 0.355 e. The van der Waals surface area contributed by atoms with Gasteiger partial charge in [0.15, 0.2) is 5.76 Å². The van der Waals surface area contributed by atoms with E-state index in [4.69, 9.17) is 4.52 Å². The quantitative estimate of drug-likeness (QED) is 0.502. The predicted octanol–water partition coefficient (Wildman–Crippen LogP) is 5.18. The molecule has 1 aliphatic rings. The highest BCUT2D eigenvalue weighted by molar-refractivity contribution is 6.07. The SMILES string of the molecule is Cc1cc(NC(=O)c2ccc3noc(-c4ccccc4)c3c2)ccc1N1CCCC1=O. The molecule has 1 saturated heterocycles. The van der Waals surface area contributed by atoms with Crippen molar-refractivity contribution >= 4 is 34.1 Å². The van der Waals surface area contributed by atoms with Gasteiger partial charge in [-0.25, -0.2) is 0 Å². The molecule has 6 nitrogen and oxygen atoms in total. The van der Waals surface area contributed by atoms with Crippen LogP contribution in [0, 0.1) is 6.92 Å². The minimum absolute atomic E-state index is 0.149. The first-order chi connectivity index (χ1) is 15.1. The van der Waals surface area contributed by atoms with Gasteiger partial charge in [-0.3, -0.25) is 9.59 Å². The Hall–Kier alpha value is -3.93. The molecule has 0 unspecified atom stereocenters. The molecule has 6 heteroatoms. The van der Waals surface area contributed by atoms with E-state index in [1.165, 1.54) is 0 Å². The number of aryl methyl sites for hydroxylation is 1. The summed E-state index contributed by atoms with van der Waals surface area (Å²) >= 11 is 0. The molecule has 1 fully saturated rings. The van der Waals surface area contributed by atoms with Gasteiger partial charge >= 0.3 is 0 Å². The molecule has 2 heterocycles. The molecule has 2 amide bonds. The molecule has 0 radical (unpaired) electrons. The van der Waals surface area contributed by atoms with Gasteiger partial charge in [0.2, 0.25) is 5.91 Å². The minimum atomic E-state index is -0.216. The van der Waals surface area contributed by atoms with Crippen LogP contribution in [-0.2, 0) is 4.79 Å². The van der Waals surface area contributed by atoms with Crippen molar-refractivity contribution in [1.29, 1.82) is 0 Å². The average molecular weight is 411 g/mol. The van der Waals surface area contributed by atoms with Gasteiger partial charge in [-0.1, -0.05) is 35.5 Å². The summed E-state index contributed by atoms with van der Waals surface area (Å²) < 4.78 is 5.53. The lowest BCUT2D eigenvalue weighted by Crippen LogP contribution is -2.24. The number of benzene rings is 3. The molecule has 0 saturated carbocycles. The van der Waals surface area contributed by atoms with E-state index in [1.807, 2.05) is 60.4 Å². The van der Waals surface area contributed by atoms with Crippen molar-refractivity contribution in [3.8, 4) is 11.3 Å². The van der Waals surface area contributed by atoms with Crippen LogP contribution >= 0.6 is 0 Å². The van der Waals surface area contributed by atoms with E-state index in [-0.39, 0.29) is 11.8 Å². The van der Waals surface area contributed by atoms with E-state index < -0.39 is 0 Å². The lowest BCUT2D eigenvalue weighted by molar-refractivity contribution is -0.117. The first-order valence-electron chi connectivity index (χ1n) is 10.3. The maximum absolute atomic E-state index is 12.9. The topological polar surface area (TPSA) is 75.4 Å². The number of hydrogen-bond acceptors (Lipinski definition) is 4. The summed E-state index contributed by atoms with van der Waals surface area (Å²) in [4.78, 5) is 26.7. The number of nitrogens with zero attached hydrogens (tertiary/aromatic N) is 2. The average Bonchev–Trinajstić information content (AvgIpc) is 3.40. The maximum Gasteiger partial charge on any atom is 0.255 e. The van der Waals surface area contributed by atoms with Crippen LogP contribution in [0.5, 0.6) is 0 Å². The molecule has 0 spiro atoms. The number of fused-ring (bicyclic) bond motifs is 1. The van der Waals surface area contributed by atoms with Crippen LogP contribution in [0.15, 0.2) is 71.3 Å². The van der Waals surface area contributed by atoms with Crippen LogP contribution in [-0.4, -0.2) is 23.5 Å². The van der Waals surface area contributed by atoms with Gasteiger partial charge in [-0.15, -0.1) is 0 Å². The lowest BCUT2D eigenvalue weighted by Gasteiger charge is -2.19. The zero-order valence-electron chi connectivity index (χ0n) is 17.1. The summed E-state index contributed by atoms with van der Waals surface area (Å²) in [6.07, 6.45) is 1.47. The van der Waals surface area contributed by atoms with Crippen molar-refractivity contribution in [2.24, 2.45) is 0 Å². The molecule has 0 bridgehead atoms. The number of hydrogen-bond donors (Lipinski definition) is 1. The Labute approximate surface area is 179 Å². The zero-order chi connectivity index (χ0) is 21.4. The van der Waals surface area contributed by atoms with Gasteiger partial charge in [0.25, 0.3) is 5.91 Å². The third kappa shape index (κ3) is 3.57. The van der Waals surface area contributed by atoms with Gasteiger partial charge in [-0.05, 0) is 55.3 Å². The Morgan fingerprint density at radius 2 is 1.90 bits per heavy atom. The third-order valence-electron chi connectivity index (χ3n) is 5.59. The third-order valence-corrected chi connectivity index (χ3v) is 5.59. The van der Waals surface area contributed by atoms with Crippen molar-refractivity contribution in [2.45, 2.75) is 19.8 Å². The predicted molar refractivity (Wildman–Crippen MR) is 120 cm³/mol. The van der Waals surface area contributed by atoms with Gasteiger partial charge < -0.3 is 14.7 Å². The second-order valence-corrected chi connectivity index (χ2v) is 7.71. The molecule has 0 aliphatic carbocycles. The molecular formula is C25H21N3O3. The summed E-state index contributed by atoms with van der Waals surface area (Å²) in [5, 5.41) is 7.85. The van der Waals surface area contributed by atoms with Crippen molar-refractivity contribution < 1.29 is 14.1 Å². The van der Waals surface area contributed by atoms with Gasteiger partial charge in [0, 0.05) is 35.5 Å². The van der Waals surface area contributed by atoms with Crippen molar-refractivity contribution in [3.63, 3.8) is 0 Å². The fourth-order valence-corrected chi connectivity index (χ4v) is 4.02. The monoisotopic (exact) mass is 411 g/mol. The van der Waals surface area contributed by atoms with Crippen molar-refractivity contribution in [3.05, 3.63) is 77.9 Å². The summed E-state index contributed by atoms with van der Waals surface area (Å²) in [5.41, 5.74) is 4.67. The number of carbonyl (C=O) groups is 2. The fourth-order valence-electron chi connectivity index (χ4n) is 4.02. The van der Waals surface area contributed by atoms with Crippen LogP contribution in [0.25, 0.3) is 22.2 Å². The van der Waals surface area contributed by atoms with Crippen molar-refractivity contribution in [1.82, 2.24) is 5.16 Å². The molecule has 1 N–H and O–H groups in total. The molecule has 154 valence electrons. The first-order valence-corrected chi connectivity index (χ1v) is 10.3. The van der Waals surface area contributed by atoms with Crippen LogP contribution < -0.4 is 10.2 Å². The Morgan fingerprint density at radius 1 is 1.06 bits per heavy atom. The van der Waals surface area contributed by atoms with Crippen LogP contribution in [0.3, 0.4) is 0 Å². The Bertz CT molecular complexity index is 1290. The van der Waals surface area contributed by atoms with Gasteiger partial charge in [-0.2, -0.15) is 0 Å². The number of carbonyl (C=O) groups excluding carboxylic acids is 2. The highest BCUT2D eigenvalue weighted by Gasteiger charge is 2.23. The molecule has 1 aliphatic heterocycles. The number of rotatable bonds is 4. The number of nitrogens with one attached hydrogen (secondary N) is 1. The molecular weight excluding hydrogens is 390 g/mol. The number of amides is 2. The fraction of sp³-hybridized carbons (Fsp3) is 0.160. The van der Waals surface area contributed by atoms with E-state index in [2.05, 4.69) is 10.5 Å². The van der Waals surface area contributed by atoms with Gasteiger partial charge in [0.1, 0.15) is 5.52 Å². The molecule has 0 atom stereocenters. The summed E-state index contributed by atoms with van der Waals surface area (Å²) in [5.74, 6) is 0.573. The highest BCUT2D eigenvalue weighted by Crippen LogP contribution is 2.30. The first kappa shape index (κ1) is 19.1. The van der Waals surface area contributed by atoms with E-state index in [0.29, 0.717) is 28.9 Å². The van der Waals surface area contributed by atoms with Gasteiger partial charge in [0.05, 0.1) is 5.39 Å². The molecule has 4 aromatic rings. The van der Waals surface area contributed by atoms with E-state index in [9.17, 15) is 9.59 Å². The normalized spacial score (nSPS) is 13.7. The minimum Gasteiger partial charge on any atom is -0.355 e. The van der Waals surface area contributed by atoms with Crippen molar-refractivity contribution in [2.75, 3.05) is 16.8 Å². The highest BCUT2D eigenvalue weighted by atomic mass is 16.5.